The molecule has 0 aliphatic carbocycles. The molecule has 0 aromatic rings. The Hall–Kier alpha value is -0.380. The molecule has 3 nitrogen and oxygen atoms in total. The lowest BCUT2D eigenvalue weighted by molar-refractivity contribution is -0.214. The largest absolute Gasteiger partial charge is 0.392 e. The summed E-state index contributed by atoms with van der Waals surface area (Å²) in [7, 11) is 0. The van der Waals surface area contributed by atoms with E-state index >= 15 is 0 Å². The molecule has 0 fully saturated rings. The van der Waals surface area contributed by atoms with Gasteiger partial charge in [0.05, 0.1) is 12.1 Å². The Morgan fingerprint density at radius 2 is 1.92 bits per heavy atom. The molecule has 1 aliphatic heterocycles. The average Bonchev–Trinajstić information content (AvgIpc) is 1.99. The van der Waals surface area contributed by atoms with E-state index in [1.807, 2.05) is 33.8 Å². The van der Waals surface area contributed by atoms with Crippen molar-refractivity contribution in [3.05, 3.63) is 11.6 Å². The van der Waals surface area contributed by atoms with Crippen LogP contribution in [-0.4, -0.2) is 33.1 Å². The van der Waals surface area contributed by atoms with Crippen LogP contribution in [0.1, 0.15) is 34.1 Å². The molecule has 0 aromatic heterocycles. The Kier molecular flexibility index (Phi) is 2.54. The van der Waals surface area contributed by atoms with Crippen LogP contribution in [0.15, 0.2) is 11.6 Å². The van der Waals surface area contributed by atoms with E-state index in [4.69, 9.17) is 5.11 Å². The van der Waals surface area contributed by atoms with Crippen molar-refractivity contribution in [2.45, 2.75) is 45.2 Å². The SMILES string of the molecule is CC1(C)C=C(CO)CC(C)(C)N1O. The van der Waals surface area contributed by atoms with Gasteiger partial charge in [-0.2, -0.15) is 5.06 Å². The highest BCUT2D eigenvalue weighted by atomic mass is 16.5. The maximum atomic E-state index is 9.89. The van der Waals surface area contributed by atoms with Crippen molar-refractivity contribution < 1.29 is 10.3 Å². The van der Waals surface area contributed by atoms with Gasteiger partial charge in [0.15, 0.2) is 0 Å². The van der Waals surface area contributed by atoms with E-state index in [-0.39, 0.29) is 17.7 Å². The molecule has 0 bridgehead atoms. The van der Waals surface area contributed by atoms with Crippen LogP contribution in [0, 0.1) is 0 Å². The second-order valence-electron chi connectivity index (χ2n) is 4.92. The van der Waals surface area contributed by atoms with Gasteiger partial charge in [0, 0.05) is 5.54 Å². The number of hydrogen-bond acceptors (Lipinski definition) is 3. The van der Waals surface area contributed by atoms with Gasteiger partial charge in [-0.3, -0.25) is 0 Å². The van der Waals surface area contributed by atoms with E-state index < -0.39 is 0 Å². The van der Waals surface area contributed by atoms with Crippen molar-refractivity contribution in [1.82, 2.24) is 5.06 Å². The van der Waals surface area contributed by atoms with E-state index in [1.165, 1.54) is 5.06 Å². The van der Waals surface area contributed by atoms with Crippen molar-refractivity contribution in [2.75, 3.05) is 6.61 Å². The first-order valence-electron chi connectivity index (χ1n) is 4.60. The molecule has 0 spiro atoms. The molecule has 1 heterocycles. The lowest BCUT2D eigenvalue weighted by Gasteiger charge is -2.47. The lowest BCUT2D eigenvalue weighted by atomic mass is 9.83. The van der Waals surface area contributed by atoms with Crippen LogP contribution in [0.5, 0.6) is 0 Å². The first-order chi connectivity index (χ1) is 5.79. The summed E-state index contributed by atoms with van der Waals surface area (Å²) in [5, 5.41) is 20.3. The zero-order valence-electron chi connectivity index (χ0n) is 8.83. The molecule has 2 N–H and O–H groups in total. The summed E-state index contributed by atoms with van der Waals surface area (Å²) in [6, 6.07) is 0. The third kappa shape index (κ3) is 1.93. The number of hydroxylamine groups is 2. The van der Waals surface area contributed by atoms with Crippen molar-refractivity contribution in [1.29, 1.82) is 0 Å². The van der Waals surface area contributed by atoms with Crippen LogP contribution in [0.3, 0.4) is 0 Å². The van der Waals surface area contributed by atoms with E-state index in [1.54, 1.807) is 0 Å². The smallest absolute Gasteiger partial charge is 0.0643 e. The molecular formula is C10H19NO2. The third-order valence-corrected chi connectivity index (χ3v) is 2.54. The van der Waals surface area contributed by atoms with E-state index in [0.717, 1.165) is 5.57 Å². The molecule has 0 radical (unpaired) electrons. The Bertz CT molecular complexity index is 231. The normalized spacial score (nSPS) is 27.1. The first kappa shape index (κ1) is 10.7. The topological polar surface area (TPSA) is 43.7 Å². The number of aliphatic hydroxyl groups is 1. The molecular weight excluding hydrogens is 166 g/mol. The van der Waals surface area contributed by atoms with Crippen molar-refractivity contribution in [3.8, 4) is 0 Å². The van der Waals surface area contributed by atoms with Gasteiger partial charge < -0.3 is 10.3 Å². The van der Waals surface area contributed by atoms with Crippen LogP contribution in [0.2, 0.25) is 0 Å². The number of aliphatic hydroxyl groups excluding tert-OH is 1. The Morgan fingerprint density at radius 1 is 1.38 bits per heavy atom. The van der Waals surface area contributed by atoms with Crippen LogP contribution in [0.25, 0.3) is 0 Å². The van der Waals surface area contributed by atoms with E-state index in [9.17, 15) is 5.21 Å². The van der Waals surface area contributed by atoms with Gasteiger partial charge in [0.25, 0.3) is 0 Å². The molecule has 13 heavy (non-hydrogen) atoms. The molecule has 76 valence electrons. The molecule has 0 saturated carbocycles. The molecule has 0 aromatic carbocycles. The monoisotopic (exact) mass is 185 g/mol. The quantitative estimate of drug-likeness (QED) is 0.609. The van der Waals surface area contributed by atoms with Crippen LogP contribution < -0.4 is 0 Å². The number of nitrogens with zero attached hydrogens (tertiary/aromatic N) is 1. The van der Waals surface area contributed by atoms with Crippen LogP contribution in [-0.2, 0) is 0 Å². The number of hydrogen-bond donors (Lipinski definition) is 2. The van der Waals surface area contributed by atoms with Crippen molar-refractivity contribution in [2.24, 2.45) is 0 Å². The summed E-state index contributed by atoms with van der Waals surface area (Å²) < 4.78 is 0. The fourth-order valence-corrected chi connectivity index (χ4v) is 2.12. The Labute approximate surface area is 79.6 Å². The fraction of sp³-hybridized carbons (Fsp3) is 0.800. The maximum Gasteiger partial charge on any atom is 0.0643 e. The van der Waals surface area contributed by atoms with Crippen LogP contribution >= 0.6 is 0 Å². The second kappa shape index (κ2) is 3.08. The zero-order valence-corrected chi connectivity index (χ0v) is 8.83. The first-order valence-corrected chi connectivity index (χ1v) is 4.60. The summed E-state index contributed by atoms with van der Waals surface area (Å²) >= 11 is 0. The summed E-state index contributed by atoms with van der Waals surface area (Å²) in [5.74, 6) is 0. The van der Waals surface area contributed by atoms with Gasteiger partial charge in [-0.05, 0) is 39.7 Å². The van der Waals surface area contributed by atoms with Gasteiger partial charge in [0.2, 0.25) is 0 Å². The molecule has 1 aliphatic rings. The second-order valence-corrected chi connectivity index (χ2v) is 4.92. The predicted octanol–water partition coefficient (Wildman–Crippen LogP) is 1.56. The highest BCUT2D eigenvalue weighted by Crippen LogP contribution is 2.35. The average molecular weight is 185 g/mol. The highest BCUT2D eigenvalue weighted by Gasteiger charge is 2.40. The Morgan fingerprint density at radius 3 is 2.31 bits per heavy atom. The zero-order chi connectivity index (χ0) is 10.3. The highest BCUT2D eigenvalue weighted by molar-refractivity contribution is 5.20. The van der Waals surface area contributed by atoms with Gasteiger partial charge in [0.1, 0.15) is 0 Å². The van der Waals surface area contributed by atoms with E-state index in [2.05, 4.69) is 0 Å². The predicted molar refractivity (Wildman–Crippen MR) is 51.6 cm³/mol. The number of rotatable bonds is 1. The molecule has 0 unspecified atom stereocenters. The minimum atomic E-state index is -0.389. The van der Waals surface area contributed by atoms with Crippen molar-refractivity contribution >= 4 is 0 Å². The maximum absolute atomic E-state index is 9.89. The molecule has 0 saturated heterocycles. The van der Waals surface area contributed by atoms with Gasteiger partial charge in [-0.15, -0.1) is 0 Å². The van der Waals surface area contributed by atoms with Crippen LogP contribution in [0.4, 0.5) is 0 Å². The van der Waals surface area contributed by atoms with Crippen molar-refractivity contribution in [3.63, 3.8) is 0 Å². The Balaban J connectivity index is 3.01. The van der Waals surface area contributed by atoms with Gasteiger partial charge >= 0.3 is 0 Å². The fourth-order valence-electron chi connectivity index (χ4n) is 2.12. The summed E-state index contributed by atoms with van der Waals surface area (Å²) in [5.41, 5.74) is 0.316. The van der Waals surface area contributed by atoms with E-state index in [0.29, 0.717) is 6.42 Å². The summed E-state index contributed by atoms with van der Waals surface area (Å²) in [6.45, 7) is 7.89. The minimum Gasteiger partial charge on any atom is -0.392 e. The van der Waals surface area contributed by atoms with Gasteiger partial charge in [-0.1, -0.05) is 6.08 Å². The lowest BCUT2D eigenvalue weighted by Crippen LogP contribution is -2.55. The van der Waals surface area contributed by atoms with Gasteiger partial charge in [-0.25, -0.2) is 0 Å². The third-order valence-electron chi connectivity index (χ3n) is 2.54. The standard InChI is InChI=1S/C10H19NO2/c1-9(2)5-8(7-12)6-10(3,4)11(9)13/h5,12-13H,6-7H2,1-4H3. The minimum absolute atomic E-state index is 0.0840. The summed E-state index contributed by atoms with van der Waals surface area (Å²) in [4.78, 5) is 0. The molecule has 3 heteroatoms. The molecule has 0 atom stereocenters. The molecule has 1 rings (SSSR count). The molecule has 0 amide bonds. The summed E-state index contributed by atoms with van der Waals surface area (Å²) in [6.07, 6.45) is 2.64.